The number of nitrogens with one attached hydrogen (secondary N) is 1. The smallest absolute Gasteiger partial charge is 0.305 e. The first kappa shape index (κ1) is 15.3. The molecule has 0 radical (unpaired) electrons. The lowest BCUT2D eigenvalue weighted by Gasteiger charge is -2.30. The number of thiophene rings is 1. The first-order chi connectivity index (χ1) is 9.42. The number of halogens is 1. The zero-order valence-electron chi connectivity index (χ0n) is 11.3. The summed E-state index contributed by atoms with van der Waals surface area (Å²) in [5.41, 5.74) is -0.571. The van der Waals surface area contributed by atoms with E-state index in [-0.39, 0.29) is 18.2 Å². The molecular weight excluding hydrogens is 298 g/mol. The monoisotopic (exact) mass is 315 g/mol. The molecule has 4 nitrogen and oxygen atoms in total. The number of hydrogen-bond donors (Lipinski definition) is 2. The topological polar surface area (TPSA) is 66.4 Å². The third-order valence-electron chi connectivity index (χ3n) is 3.85. The molecule has 2 N–H and O–H groups in total. The molecule has 0 aromatic carbocycles. The van der Waals surface area contributed by atoms with Crippen LogP contribution in [0.4, 0.5) is 0 Å². The minimum atomic E-state index is -0.862. The van der Waals surface area contributed by atoms with E-state index in [1.54, 1.807) is 6.07 Å². The normalized spacial score (nSPS) is 18.7. The van der Waals surface area contributed by atoms with Crippen molar-refractivity contribution in [3.05, 3.63) is 21.3 Å². The summed E-state index contributed by atoms with van der Waals surface area (Å²) in [4.78, 5) is 24.3. The molecule has 1 aromatic rings. The van der Waals surface area contributed by atoms with Crippen molar-refractivity contribution in [3.8, 4) is 0 Å². The molecule has 0 spiro atoms. The van der Waals surface area contributed by atoms with Crippen molar-refractivity contribution in [2.75, 3.05) is 0 Å². The van der Waals surface area contributed by atoms with Crippen LogP contribution in [0.15, 0.2) is 12.1 Å². The fraction of sp³-hybridized carbons (Fsp3) is 0.571. The maximum absolute atomic E-state index is 12.4. The number of carboxylic acid groups (broad SMARTS) is 1. The minimum Gasteiger partial charge on any atom is -0.481 e. The van der Waals surface area contributed by atoms with Crippen molar-refractivity contribution in [2.24, 2.45) is 0 Å². The number of carbonyl (C=O) groups is 2. The van der Waals surface area contributed by atoms with Gasteiger partial charge >= 0.3 is 5.97 Å². The third kappa shape index (κ3) is 3.52. The summed E-state index contributed by atoms with van der Waals surface area (Å²) >= 11 is 7.27. The van der Waals surface area contributed by atoms with E-state index in [1.165, 1.54) is 11.3 Å². The molecule has 1 atom stereocenters. The second-order valence-corrected chi connectivity index (χ2v) is 7.16. The largest absolute Gasteiger partial charge is 0.481 e. The molecule has 0 bridgehead atoms. The molecule has 1 fully saturated rings. The lowest BCUT2D eigenvalue weighted by molar-refractivity contribution is -0.139. The van der Waals surface area contributed by atoms with Gasteiger partial charge in [0.1, 0.15) is 0 Å². The molecule has 1 heterocycles. The molecule has 20 heavy (non-hydrogen) atoms. The molecule has 1 aromatic heterocycles. The Kier molecular flexibility index (Phi) is 4.70. The number of hydrogen-bond acceptors (Lipinski definition) is 3. The van der Waals surface area contributed by atoms with Crippen molar-refractivity contribution in [2.45, 2.75) is 50.5 Å². The number of aliphatic carboxylic acids is 1. The zero-order valence-corrected chi connectivity index (χ0v) is 12.9. The van der Waals surface area contributed by atoms with Crippen molar-refractivity contribution in [1.29, 1.82) is 0 Å². The van der Waals surface area contributed by atoms with Gasteiger partial charge in [-0.3, -0.25) is 9.59 Å². The second-order valence-electron chi connectivity index (χ2n) is 5.41. The molecule has 1 aliphatic rings. The SMILES string of the molecule is CC(C(=O)NC1(CC(=O)O)CCCC1)c1ccc(Cl)s1. The Morgan fingerprint density at radius 1 is 1.45 bits per heavy atom. The summed E-state index contributed by atoms with van der Waals surface area (Å²) < 4.78 is 0.653. The lowest BCUT2D eigenvalue weighted by atomic mass is 9.92. The van der Waals surface area contributed by atoms with Crippen LogP contribution < -0.4 is 5.32 Å². The van der Waals surface area contributed by atoms with Gasteiger partial charge in [-0.2, -0.15) is 0 Å². The number of carbonyl (C=O) groups excluding carboxylic acids is 1. The fourth-order valence-corrected chi connectivity index (χ4v) is 3.86. The van der Waals surface area contributed by atoms with E-state index in [1.807, 2.05) is 13.0 Å². The van der Waals surface area contributed by atoms with E-state index in [0.29, 0.717) is 4.34 Å². The van der Waals surface area contributed by atoms with Crippen molar-refractivity contribution < 1.29 is 14.7 Å². The van der Waals surface area contributed by atoms with Gasteiger partial charge < -0.3 is 10.4 Å². The third-order valence-corrected chi connectivity index (χ3v) is 5.27. The van der Waals surface area contributed by atoms with Crippen LogP contribution in [0.25, 0.3) is 0 Å². The van der Waals surface area contributed by atoms with Crippen LogP contribution in [0.5, 0.6) is 0 Å². The van der Waals surface area contributed by atoms with E-state index in [9.17, 15) is 9.59 Å². The van der Waals surface area contributed by atoms with Crippen LogP contribution in [0.3, 0.4) is 0 Å². The predicted molar refractivity (Wildman–Crippen MR) is 79.3 cm³/mol. The van der Waals surface area contributed by atoms with Gasteiger partial charge in [0.2, 0.25) is 5.91 Å². The van der Waals surface area contributed by atoms with Crippen LogP contribution >= 0.6 is 22.9 Å². The maximum Gasteiger partial charge on any atom is 0.305 e. The van der Waals surface area contributed by atoms with Gasteiger partial charge in [-0.1, -0.05) is 24.4 Å². The number of carboxylic acids is 1. The Morgan fingerprint density at radius 3 is 2.60 bits per heavy atom. The summed E-state index contributed by atoms with van der Waals surface area (Å²) in [6, 6.07) is 3.61. The quantitative estimate of drug-likeness (QED) is 0.875. The highest BCUT2D eigenvalue weighted by Crippen LogP contribution is 2.34. The van der Waals surface area contributed by atoms with Gasteiger partial charge in [-0.05, 0) is 31.9 Å². The van der Waals surface area contributed by atoms with Gasteiger partial charge in [-0.25, -0.2) is 0 Å². The van der Waals surface area contributed by atoms with E-state index >= 15 is 0 Å². The van der Waals surface area contributed by atoms with E-state index in [2.05, 4.69) is 5.32 Å². The van der Waals surface area contributed by atoms with Gasteiger partial charge in [0.15, 0.2) is 0 Å². The molecule has 2 rings (SSSR count). The van der Waals surface area contributed by atoms with Crippen LogP contribution in [-0.4, -0.2) is 22.5 Å². The summed E-state index contributed by atoms with van der Waals surface area (Å²) in [5, 5.41) is 12.0. The maximum atomic E-state index is 12.4. The highest BCUT2D eigenvalue weighted by atomic mass is 35.5. The molecule has 110 valence electrons. The Morgan fingerprint density at radius 2 is 2.10 bits per heavy atom. The summed E-state index contributed by atoms with van der Waals surface area (Å²) in [6.45, 7) is 1.82. The Hall–Kier alpha value is -1.07. The number of rotatable bonds is 5. The standard InChI is InChI=1S/C14H18ClNO3S/c1-9(10-4-5-11(15)20-10)13(19)16-14(8-12(17)18)6-2-3-7-14/h4-5,9H,2-3,6-8H2,1H3,(H,16,19)(H,17,18). The molecule has 1 saturated carbocycles. The average Bonchev–Trinajstić information content (AvgIpc) is 2.97. The first-order valence-electron chi connectivity index (χ1n) is 6.71. The Bertz CT molecular complexity index is 508. The molecule has 0 aliphatic heterocycles. The highest BCUT2D eigenvalue weighted by Gasteiger charge is 2.38. The van der Waals surface area contributed by atoms with E-state index in [0.717, 1.165) is 30.6 Å². The highest BCUT2D eigenvalue weighted by molar-refractivity contribution is 7.16. The Balaban J connectivity index is 2.06. The average molecular weight is 316 g/mol. The minimum absolute atomic E-state index is 0.00332. The molecule has 1 aliphatic carbocycles. The fourth-order valence-electron chi connectivity index (χ4n) is 2.75. The summed E-state index contributed by atoms with van der Waals surface area (Å²) in [6.07, 6.45) is 3.40. The molecule has 1 unspecified atom stereocenters. The van der Waals surface area contributed by atoms with Crippen molar-refractivity contribution in [3.63, 3.8) is 0 Å². The van der Waals surface area contributed by atoms with Crippen LogP contribution in [-0.2, 0) is 9.59 Å². The number of amides is 1. The first-order valence-corrected chi connectivity index (χ1v) is 7.90. The van der Waals surface area contributed by atoms with Gasteiger partial charge in [0, 0.05) is 4.88 Å². The summed E-state index contributed by atoms with van der Waals surface area (Å²) in [7, 11) is 0. The van der Waals surface area contributed by atoms with E-state index in [4.69, 9.17) is 16.7 Å². The van der Waals surface area contributed by atoms with Gasteiger partial charge in [-0.15, -0.1) is 11.3 Å². The van der Waals surface area contributed by atoms with Crippen LogP contribution in [0.1, 0.15) is 49.8 Å². The van der Waals surface area contributed by atoms with Crippen LogP contribution in [0, 0.1) is 0 Å². The molecule has 1 amide bonds. The molecule has 6 heteroatoms. The van der Waals surface area contributed by atoms with Crippen molar-refractivity contribution in [1.82, 2.24) is 5.32 Å². The molecule has 0 saturated heterocycles. The van der Waals surface area contributed by atoms with Gasteiger partial charge in [0.25, 0.3) is 0 Å². The predicted octanol–water partition coefficient (Wildman–Crippen LogP) is 3.41. The zero-order chi connectivity index (χ0) is 14.8. The van der Waals surface area contributed by atoms with E-state index < -0.39 is 11.5 Å². The van der Waals surface area contributed by atoms with Gasteiger partial charge in [0.05, 0.1) is 22.2 Å². The molecular formula is C14H18ClNO3S. The van der Waals surface area contributed by atoms with Crippen molar-refractivity contribution >= 4 is 34.8 Å². The van der Waals surface area contributed by atoms with Crippen LogP contribution in [0.2, 0.25) is 4.34 Å². The second kappa shape index (κ2) is 6.14. The Labute approximate surface area is 127 Å². The lowest BCUT2D eigenvalue weighted by Crippen LogP contribution is -2.49. The summed E-state index contributed by atoms with van der Waals surface area (Å²) in [5.74, 6) is -1.29.